The zero-order valence-corrected chi connectivity index (χ0v) is 9.76. The first-order valence-electron chi connectivity index (χ1n) is 4.88. The summed E-state index contributed by atoms with van der Waals surface area (Å²) in [7, 11) is 0. The van der Waals surface area contributed by atoms with Gasteiger partial charge in [-0.3, -0.25) is 4.79 Å². The molecule has 0 saturated carbocycles. The molecule has 84 valence electrons. The van der Waals surface area contributed by atoms with Crippen molar-refractivity contribution in [2.24, 2.45) is 0 Å². The molecule has 1 aromatic rings. The molecule has 1 aromatic heterocycles. The fourth-order valence-electron chi connectivity index (χ4n) is 1.04. The molecular formula is C10H15NO3S. The van der Waals surface area contributed by atoms with Crippen molar-refractivity contribution in [3.63, 3.8) is 0 Å². The number of hydrogen-bond donors (Lipinski definition) is 1. The van der Waals surface area contributed by atoms with Crippen molar-refractivity contribution in [3.8, 4) is 0 Å². The van der Waals surface area contributed by atoms with E-state index in [1.165, 1.54) is 11.8 Å². The third-order valence-electron chi connectivity index (χ3n) is 2.02. The van der Waals surface area contributed by atoms with Gasteiger partial charge in [-0.1, -0.05) is 11.8 Å². The molecule has 0 amide bonds. The van der Waals surface area contributed by atoms with E-state index in [4.69, 9.17) is 9.52 Å². The van der Waals surface area contributed by atoms with Crippen molar-refractivity contribution in [2.45, 2.75) is 38.3 Å². The summed E-state index contributed by atoms with van der Waals surface area (Å²) in [5, 5.41) is 9.11. The van der Waals surface area contributed by atoms with Gasteiger partial charge in [-0.15, -0.1) is 0 Å². The number of hydrogen-bond acceptors (Lipinski definition) is 4. The van der Waals surface area contributed by atoms with Gasteiger partial charge in [0.15, 0.2) is 0 Å². The number of aromatic nitrogens is 1. The van der Waals surface area contributed by atoms with Crippen LogP contribution in [0.25, 0.3) is 0 Å². The standard InChI is InChI=1S/C10H15NO3S/c1-7-8(2)14-10(11-7)15-6-4-3-5-9(12)13/h3-6H2,1-2H3,(H,12,13). The summed E-state index contributed by atoms with van der Waals surface area (Å²) in [6.45, 7) is 3.80. The Labute approximate surface area is 93.1 Å². The van der Waals surface area contributed by atoms with E-state index >= 15 is 0 Å². The molecule has 0 aliphatic carbocycles. The molecule has 0 aliphatic rings. The number of carboxylic acids is 1. The Bertz CT molecular complexity index is 316. The van der Waals surface area contributed by atoms with Gasteiger partial charge in [0, 0.05) is 12.2 Å². The molecule has 1 heterocycles. The molecule has 0 radical (unpaired) electrons. The van der Waals surface area contributed by atoms with Gasteiger partial charge in [-0.05, 0) is 26.7 Å². The number of thioether (sulfide) groups is 1. The summed E-state index contributed by atoms with van der Waals surface area (Å²) in [5.41, 5.74) is 0.919. The lowest BCUT2D eigenvalue weighted by Crippen LogP contribution is -1.94. The second kappa shape index (κ2) is 5.80. The van der Waals surface area contributed by atoms with Crippen LogP contribution in [0.2, 0.25) is 0 Å². The minimum atomic E-state index is -0.734. The molecule has 1 rings (SSSR count). The summed E-state index contributed by atoms with van der Waals surface area (Å²) in [5.74, 6) is 0.970. The second-order valence-corrected chi connectivity index (χ2v) is 4.37. The van der Waals surface area contributed by atoms with Crippen LogP contribution in [0.3, 0.4) is 0 Å². The van der Waals surface area contributed by atoms with Crippen LogP contribution in [-0.4, -0.2) is 21.8 Å². The molecule has 0 bridgehead atoms. The molecule has 0 aliphatic heterocycles. The highest BCUT2D eigenvalue weighted by atomic mass is 32.2. The third-order valence-corrected chi connectivity index (χ3v) is 2.93. The molecule has 1 N–H and O–H groups in total. The lowest BCUT2D eigenvalue weighted by Gasteiger charge is -1.95. The summed E-state index contributed by atoms with van der Waals surface area (Å²) < 4.78 is 5.38. The normalized spacial score (nSPS) is 10.5. The van der Waals surface area contributed by atoms with Crippen LogP contribution in [0.1, 0.15) is 30.7 Å². The minimum absolute atomic E-state index is 0.240. The molecule has 0 saturated heterocycles. The van der Waals surface area contributed by atoms with Crippen molar-refractivity contribution in [1.82, 2.24) is 4.98 Å². The van der Waals surface area contributed by atoms with Crippen LogP contribution in [0, 0.1) is 13.8 Å². The number of carbonyl (C=O) groups is 1. The van der Waals surface area contributed by atoms with Gasteiger partial charge in [-0.25, -0.2) is 4.98 Å². The average Bonchev–Trinajstić information content (AvgIpc) is 2.45. The van der Waals surface area contributed by atoms with Gasteiger partial charge in [-0.2, -0.15) is 0 Å². The lowest BCUT2D eigenvalue weighted by molar-refractivity contribution is -0.137. The SMILES string of the molecule is Cc1nc(SCCCCC(=O)O)oc1C. The van der Waals surface area contributed by atoms with E-state index in [0.29, 0.717) is 11.6 Å². The van der Waals surface area contributed by atoms with E-state index in [1.54, 1.807) is 0 Å². The van der Waals surface area contributed by atoms with Crippen molar-refractivity contribution in [1.29, 1.82) is 0 Å². The summed E-state index contributed by atoms with van der Waals surface area (Å²) in [4.78, 5) is 14.5. The highest BCUT2D eigenvalue weighted by Gasteiger charge is 2.05. The topological polar surface area (TPSA) is 63.3 Å². The largest absolute Gasteiger partial charge is 0.481 e. The highest BCUT2D eigenvalue weighted by molar-refractivity contribution is 7.99. The fourth-order valence-corrected chi connectivity index (χ4v) is 1.95. The summed E-state index contributed by atoms with van der Waals surface area (Å²) >= 11 is 1.54. The molecule has 0 atom stereocenters. The zero-order valence-electron chi connectivity index (χ0n) is 8.95. The Hall–Kier alpha value is -0.970. The molecule has 0 unspecified atom stereocenters. The summed E-state index contributed by atoms with van der Waals surface area (Å²) in [6, 6.07) is 0. The molecular weight excluding hydrogens is 214 g/mol. The van der Waals surface area contributed by atoms with E-state index < -0.39 is 5.97 Å². The van der Waals surface area contributed by atoms with Crippen molar-refractivity contribution in [2.75, 3.05) is 5.75 Å². The van der Waals surface area contributed by atoms with Gasteiger partial charge in [0.2, 0.25) is 0 Å². The summed E-state index contributed by atoms with van der Waals surface area (Å²) in [6.07, 6.45) is 1.82. The van der Waals surface area contributed by atoms with Crippen LogP contribution < -0.4 is 0 Å². The predicted molar refractivity (Wildman–Crippen MR) is 58.2 cm³/mol. The van der Waals surface area contributed by atoms with Crippen molar-refractivity contribution >= 4 is 17.7 Å². The van der Waals surface area contributed by atoms with Gasteiger partial charge in [0.25, 0.3) is 5.22 Å². The van der Waals surface area contributed by atoms with Crippen LogP contribution in [0.15, 0.2) is 9.64 Å². The first kappa shape index (κ1) is 12.1. The molecule has 0 fully saturated rings. The van der Waals surface area contributed by atoms with Gasteiger partial charge < -0.3 is 9.52 Å². The number of carboxylic acid groups (broad SMARTS) is 1. The number of aryl methyl sites for hydroxylation is 2. The van der Waals surface area contributed by atoms with Gasteiger partial charge in [0.05, 0.1) is 5.69 Å². The Balaban J connectivity index is 2.18. The van der Waals surface area contributed by atoms with Gasteiger partial charge in [0.1, 0.15) is 5.76 Å². The molecule has 5 heteroatoms. The second-order valence-electron chi connectivity index (χ2n) is 3.32. The van der Waals surface area contributed by atoms with Crippen LogP contribution in [-0.2, 0) is 4.79 Å². The average molecular weight is 229 g/mol. The van der Waals surface area contributed by atoms with Crippen LogP contribution in [0.5, 0.6) is 0 Å². The number of nitrogens with zero attached hydrogens (tertiary/aromatic N) is 1. The maximum Gasteiger partial charge on any atom is 0.303 e. The smallest absolute Gasteiger partial charge is 0.303 e. The van der Waals surface area contributed by atoms with E-state index in [-0.39, 0.29) is 6.42 Å². The maximum atomic E-state index is 10.2. The number of aliphatic carboxylic acids is 1. The van der Waals surface area contributed by atoms with Crippen molar-refractivity contribution in [3.05, 3.63) is 11.5 Å². The number of rotatable bonds is 6. The predicted octanol–water partition coefficient (Wildman–Crippen LogP) is 2.64. The van der Waals surface area contributed by atoms with Crippen LogP contribution in [0.4, 0.5) is 0 Å². The Kier molecular flexibility index (Phi) is 4.68. The van der Waals surface area contributed by atoms with E-state index in [9.17, 15) is 4.79 Å². The molecule has 0 spiro atoms. The molecule has 15 heavy (non-hydrogen) atoms. The Morgan fingerprint density at radius 2 is 2.20 bits per heavy atom. The van der Waals surface area contributed by atoms with E-state index in [0.717, 1.165) is 23.6 Å². The number of unbranched alkanes of at least 4 members (excludes halogenated alkanes) is 1. The number of oxazole rings is 1. The van der Waals surface area contributed by atoms with Crippen LogP contribution >= 0.6 is 11.8 Å². The molecule has 0 aromatic carbocycles. The third kappa shape index (κ3) is 4.38. The lowest BCUT2D eigenvalue weighted by atomic mass is 10.3. The first-order chi connectivity index (χ1) is 7.09. The fraction of sp³-hybridized carbons (Fsp3) is 0.600. The first-order valence-corrected chi connectivity index (χ1v) is 5.87. The van der Waals surface area contributed by atoms with E-state index in [1.807, 2.05) is 13.8 Å². The molecule has 4 nitrogen and oxygen atoms in total. The highest BCUT2D eigenvalue weighted by Crippen LogP contribution is 2.21. The van der Waals surface area contributed by atoms with Gasteiger partial charge >= 0.3 is 5.97 Å². The Morgan fingerprint density at radius 3 is 2.73 bits per heavy atom. The van der Waals surface area contributed by atoms with E-state index in [2.05, 4.69) is 4.98 Å². The zero-order chi connectivity index (χ0) is 11.3. The minimum Gasteiger partial charge on any atom is -0.481 e. The van der Waals surface area contributed by atoms with Crippen molar-refractivity contribution < 1.29 is 14.3 Å². The quantitative estimate of drug-likeness (QED) is 0.600. The monoisotopic (exact) mass is 229 g/mol. The maximum absolute atomic E-state index is 10.2. The Morgan fingerprint density at radius 1 is 1.47 bits per heavy atom.